The van der Waals surface area contributed by atoms with Gasteiger partial charge in [0.15, 0.2) is 0 Å². The van der Waals surface area contributed by atoms with Crippen molar-refractivity contribution in [1.29, 1.82) is 0 Å². The molecule has 6 nitrogen and oxygen atoms in total. The van der Waals surface area contributed by atoms with Gasteiger partial charge in [0.1, 0.15) is 0 Å². The molecule has 0 saturated heterocycles. The summed E-state index contributed by atoms with van der Waals surface area (Å²) in [5.74, 6) is 0. The van der Waals surface area contributed by atoms with Crippen LogP contribution in [0.15, 0.2) is 42.6 Å². The minimum absolute atomic E-state index is 0.0137. The van der Waals surface area contributed by atoms with Gasteiger partial charge in [0, 0.05) is 31.4 Å². The average Bonchev–Trinajstić information content (AvgIpc) is 2.70. The van der Waals surface area contributed by atoms with E-state index in [1.807, 2.05) is 36.5 Å². The highest BCUT2D eigenvalue weighted by atomic mass is 16.3. The minimum atomic E-state index is -0.0137. The van der Waals surface area contributed by atoms with Gasteiger partial charge >= 0.3 is 0 Å². The van der Waals surface area contributed by atoms with Crippen molar-refractivity contribution in [1.82, 2.24) is 20.2 Å². The Bertz CT molecular complexity index is 608. The van der Waals surface area contributed by atoms with E-state index in [0.717, 1.165) is 69.9 Å². The summed E-state index contributed by atoms with van der Waals surface area (Å²) in [4.78, 5) is 11.2. The summed E-state index contributed by atoms with van der Waals surface area (Å²) in [6, 6.07) is 11.8. The molecule has 0 radical (unpaired) electrons. The first-order valence-electron chi connectivity index (χ1n) is 9.40. The Hall–Kier alpha value is -1.86. The zero-order valence-electron chi connectivity index (χ0n) is 15.5. The van der Waals surface area contributed by atoms with Crippen LogP contribution in [0.4, 0.5) is 0 Å². The van der Waals surface area contributed by atoms with Crippen LogP contribution in [-0.2, 0) is 19.6 Å². The minimum Gasteiger partial charge on any atom is -0.390 e. The molecular formula is C20H31N5O. The number of nitrogens with two attached hydrogens (primary N) is 1. The topological polar surface area (TPSA) is 87.3 Å². The van der Waals surface area contributed by atoms with E-state index in [9.17, 15) is 0 Å². The Balaban J connectivity index is 1.67. The Labute approximate surface area is 156 Å². The van der Waals surface area contributed by atoms with Gasteiger partial charge < -0.3 is 21.1 Å². The number of aromatic nitrogens is 2. The first-order chi connectivity index (χ1) is 12.8. The van der Waals surface area contributed by atoms with Crippen LogP contribution in [0.3, 0.4) is 0 Å². The predicted octanol–water partition coefficient (Wildman–Crippen LogP) is 1.34. The Morgan fingerprint density at radius 2 is 1.77 bits per heavy atom. The highest BCUT2D eigenvalue weighted by Crippen LogP contribution is 2.01. The lowest BCUT2D eigenvalue weighted by Gasteiger charge is -2.22. The molecule has 2 heterocycles. The van der Waals surface area contributed by atoms with Crippen LogP contribution in [0.1, 0.15) is 29.9 Å². The smallest absolute Gasteiger partial charge is 0.0853 e. The summed E-state index contributed by atoms with van der Waals surface area (Å²) >= 11 is 0. The zero-order chi connectivity index (χ0) is 18.5. The number of rotatable bonds is 13. The van der Waals surface area contributed by atoms with Crippen molar-refractivity contribution < 1.29 is 5.11 Å². The molecule has 0 aliphatic heterocycles. The number of hydrogen-bond acceptors (Lipinski definition) is 6. The lowest BCUT2D eigenvalue weighted by Crippen LogP contribution is -2.31. The predicted molar refractivity (Wildman–Crippen MR) is 105 cm³/mol. The maximum absolute atomic E-state index is 9.13. The van der Waals surface area contributed by atoms with Crippen molar-refractivity contribution in [2.24, 2.45) is 5.73 Å². The fraction of sp³-hybridized carbons (Fsp3) is 0.500. The quantitative estimate of drug-likeness (QED) is 0.469. The number of pyridine rings is 2. The molecule has 2 rings (SSSR count). The number of aliphatic hydroxyl groups excluding tert-OH is 1. The Morgan fingerprint density at radius 3 is 2.54 bits per heavy atom. The number of aliphatic hydroxyl groups is 1. The first-order valence-corrected chi connectivity index (χ1v) is 9.40. The first kappa shape index (κ1) is 20.5. The van der Waals surface area contributed by atoms with Crippen LogP contribution < -0.4 is 11.1 Å². The number of nitrogens with one attached hydrogen (secondary N) is 1. The molecule has 2 aromatic heterocycles. The van der Waals surface area contributed by atoms with E-state index in [1.54, 1.807) is 0 Å². The third kappa shape index (κ3) is 8.01. The van der Waals surface area contributed by atoms with Crippen molar-refractivity contribution in [3.8, 4) is 0 Å². The summed E-state index contributed by atoms with van der Waals surface area (Å²) in [6.45, 7) is 5.47. The molecule has 0 saturated carbocycles. The second kappa shape index (κ2) is 12.5. The van der Waals surface area contributed by atoms with Gasteiger partial charge in [-0.3, -0.25) is 9.97 Å². The maximum atomic E-state index is 9.13. The van der Waals surface area contributed by atoms with Crippen molar-refractivity contribution >= 4 is 0 Å². The van der Waals surface area contributed by atoms with Crippen molar-refractivity contribution in [2.45, 2.75) is 32.4 Å². The summed E-state index contributed by atoms with van der Waals surface area (Å²) in [6.07, 6.45) is 4.92. The van der Waals surface area contributed by atoms with E-state index < -0.39 is 0 Å². The van der Waals surface area contributed by atoms with E-state index in [1.165, 1.54) is 0 Å². The molecule has 0 unspecified atom stereocenters. The van der Waals surface area contributed by atoms with Crippen LogP contribution in [-0.4, -0.2) is 52.7 Å². The Morgan fingerprint density at radius 1 is 0.962 bits per heavy atom. The van der Waals surface area contributed by atoms with E-state index in [4.69, 9.17) is 10.8 Å². The summed E-state index contributed by atoms with van der Waals surface area (Å²) in [5.41, 5.74) is 8.49. The Kier molecular flexibility index (Phi) is 9.82. The van der Waals surface area contributed by atoms with Gasteiger partial charge in [-0.25, -0.2) is 0 Å². The van der Waals surface area contributed by atoms with Gasteiger partial charge in [-0.1, -0.05) is 12.1 Å². The molecule has 0 fully saturated rings. The third-order valence-corrected chi connectivity index (χ3v) is 4.25. The molecule has 26 heavy (non-hydrogen) atoms. The van der Waals surface area contributed by atoms with Gasteiger partial charge in [-0.05, 0) is 63.3 Å². The van der Waals surface area contributed by atoms with Crippen molar-refractivity contribution in [3.63, 3.8) is 0 Å². The molecule has 0 amide bonds. The van der Waals surface area contributed by atoms with Crippen LogP contribution in [0, 0.1) is 0 Å². The second-order valence-corrected chi connectivity index (χ2v) is 6.36. The summed E-state index contributed by atoms with van der Waals surface area (Å²) in [7, 11) is 0. The number of nitrogens with zero attached hydrogens (tertiary/aromatic N) is 3. The van der Waals surface area contributed by atoms with Crippen LogP contribution in [0.5, 0.6) is 0 Å². The van der Waals surface area contributed by atoms with Crippen LogP contribution in [0.25, 0.3) is 0 Å². The SMILES string of the molecule is NCCCN(CCCNCc1cccc(CO)n1)CCc1ccccn1. The molecule has 6 heteroatoms. The van der Waals surface area contributed by atoms with Gasteiger partial charge in [0.05, 0.1) is 18.0 Å². The molecule has 0 aromatic carbocycles. The fourth-order valence-electron chi connectivity index (χ4n) is 2.83. The molecular weight excluding hydrogens is 326 g/mol. The van der Waals surface area contributed by atoms with Gasteiger partial charge in [-0.15, -0.1) is 0 Å². The highest BCUT2D eigenvalue weighted by Gasteiger charge is 2.05. The van der Waals surface area contributed by atoms with Crippen molar-refractivity contribution in [3.05, 3.63) is 59.7 Å². The van der Waals surface area contributed by atoms with Gasteiger partial charge in [-0.2, -0.15) is 0 Å². The van der Waals surface area contributed by atoms with E-state index in [2.05, 4.69) is 26.3 Å². The monoisotopic (exact) mass is 357 g/mol. The van der Waals surface area contributed by atoms with Crippen LogP contribution in [0.2, 0.25) is 0 Å². The van der Waals surface area contributed by atoms with E-state index in [-0.39, 0.29) is 6.61 Å². The maximum Gasteiger partial charge on any atom is 0.0853 e. The second-order valence-electron chi connectivity index (χ2n) is 6.36. The molecule has 0 spiro atoms. The molecule has 0 aliphatic carbocycles. The summed E-state index contributed by atoms with van der Waals surface area (Å²) < 4.78 is 0. The molecule has 4 N–H and O–H groups in total. The molecule has 2 aromatic rings. The molecule has 0 atom stereocenters. The lowest BCUT2D eigenvalue weighted by atomic mass is 10.2. The van der Waals surface area contributed by atoms with Gasteiger partial charge in [0.2, 0.25) is 0 Å². The van der Waals surface area contributed by atoms with Gasteiger partial charge in [0.25, 0.3) is 0 Å². The van der Waals surface area contributed by atoms with E-state index >= 15 is 0 Å². The highest BCUT2D eigenvalue weighted by molar-refractivity contribution is 5.10. The lowest BCUT2D eigenvalue weighted by molar-refractivity contribution is 0.269. The molecule has 0 aliphatic rings. The molecule has 0 bridgehead atoms. The van der Waals surface area contributed by atoms with Crippen LogP contribution >= 0.6 is 0 Å². The standard InChI is InChI=1S/C20H31N5O/c21-10-4-13-25(15-9-18-6-1-2-12-23-18)14-5-11-22-16-19-7-3-8-20(17-26)24-19/h1-3,6-8,12,22,26H,4-5,9-11,13-17,21H2. The summed E-state index contributed by atoms with van der Waals surface area (Å²) in [5, 5.41) is 12.6. The largest absolute Gasteiger partial charge is 0.390 e. The zero-order valence-corrected chi connectivity index (χ0v) is 15.5. The fourth-order valence-corrected chi connectivity index (χ4v) is 2.83. The average molecular weight is 358 g/mol. The third-order valence-electron chi connectivity index (χ3n) is 4.25. The number of hydrogen-bond donors (Lipinski definition) is 3. The molecule has 142 valence electrons. The normalized spacial score (nSPS) is 11.2. The van der Waals surface area contributed by atoms with E-state index in [0.29, 0.717) is 5.69 Å². The van der Waals surface area contributed by atoms with Crippen molar-refractivity contribution in [2.75, 3.05) is 32.7 Å².